The van der Waals surface area contributed by atoms with Gasteiger partial charge in [-0.3, -0.25) is 9.63 Å². The second-order valence-corrected chi connectivity index (χ2v) is 6.93. The molecule has 0 aromatic carbocycles. The van der Waals surface area contributed by atoms with Crippen LogP contribution in [-0.2, 0) is 14.4 Å². The molecule has 0 aromatic heterocycles. The van der Waals surface area contributed by atoms with Crippen molar-refractivity contribution in [2.45, 2.75) is 84.2 Å². The summed E-state index contributed by atoms with van der Waals surface area (Å²) in [6, 6.07) is 0. The first-order chi connectivity index (χ1) is 9.29. The third kappa shape index (κ3) is 5.06. The van der Waals surface area contributed by atoms with E-state index in [-0.39, 0.29) is 17.0 Å². The quantitative estimate of drug-likeness (QED) is 0.528. The smallest absolute Gasteiger partial charge is 0.308 e. The van der Waals surface area contributed by atoms with Crippen molar-refractivity contribution >= 4 is 5.97 Å². The fraction of sp³-hybridized carbons (Fsp3) is 0.938. The highest BCUT2D eigenvalue weighted by Gasteiger charge is 2.42. The lowest BCUT2D eigenvalue weighted by Gasteiger charge is -2.51. The fourth-order valence-electron chi connectivity index (χ4n) is 2.95. The van der Waals surface area contributed by atoms with E-state index in [1.807, 2.05) is 0 Å². The predicted molar refractivity (Wildman–Crippen MR) is 80.3 cm³/mol. The number of rotatable bonds is 7. The number of hydrogen-bond acceptors (Lipinski definition) is 4. The summed E-state index contributed by atoms with van der Waals surface area (Å²) in [6.45, 7) is 11.8. The zero-order valence-electron chi connectivity index (χ0n) is 13.8. The first-order valence-corrected chi connectivity index (χ1v) is 7.88. The summed E-state index contributed by atoms with van der Waals surface area (Å²) >= 11 is 0. The van der Waals surface area contributed by atoms with E-state index in [0.29, 0.717) is 19.6 Å². The van der Waals surface area contributed by atoms with Gasteiger partial charge in [0.15, 0.2) is 0 Å². The molecule has 0 bridgehead atoms. The number of carbonyl (C=O) groups excluding carboxylic acids is 1. The number of hydrogen-bond donors (Lipinski definition) is 0. The molecule has 1 rings (SSSR count). The Bertz CT molecular complexity index is 297. The molecule has 4 nitrogen and oxygen atoms in total. The Morgan fingerprint density at radius 3 is 2.25 bits per heavy atom. The van der Waals surface area contributed by atoms with Crippen LogP contribution in [-0.4, -0.2) is 35.3 Å². The molecular weight excluding hydrogens is 254 g/mol. The third-order valence-electron chi connectivity index (χ3n) is 3.96. The summed E-state index contributed by atoms with van der Waals surface area (Å²) in [4.78, 5) is 17.5. The lowest BCUT2D eigenvalue weighted by Crippen LogP contribution is -2.58. The second-order valence-electron chi connectivity index (χ2n) is 6.93. The third-order valence-corrected chi connectivity index (χ3v) is 3.96. The fourth-order valence-corrected chi connectivity index (χ4v) is 2.95. The molecular formula is C16H31NO3. The highest BCUT2D eigenvalue weighted by Crippen LogP contribution is 2.38. The summed E-state index contributed by atoms with van der Waals surface area (Å²) in [5, 5.41) is 2.09. The molecule has 0 atom stereocenters. The van der Waals surface area contributed by atoms with Crippen molar-refractivity contribution in [1.29, 1.82) is 0 Å². The Labute approximate surface area is 123 Å². The van der Waals surface area contributed by atoms with Gasteiger partial charge in [-0.1, -0.05) is 13.3 Å². The van der Waals surface area contributed by atoms with E-state index in [1.54, 1.807) is 0 Å². The van der Waals surface area contributed by atoms with Crippen molar-refractivity contribution in [3.8, 4) is 0 Å². The summed E-state index contributed by atoms with van der Waals surface area (Å²) < 4.78 is 5.14. The van der Waals surface area contributed by atoms with Gasteiger partial charge in [0.05, 0.1) is 19.6 Å². The van der Waals surface area contributed by atoms with E-state index in [0.717, 1.165) is 25.7 Å². The first-order valence-electron chi connectivity index (χ1n) is 7.88. The first kappa shape index (κ1) is 17.4. The zero-order valence-corrected chi connectivity index (χ0v) is 13.8. The molecule has 0 amide bonds. The number of unbranched alkanes of at least 4 members (excludes halogenated alkanes) is 1. The monoisotopic (exact) mass is 285 g/mol. The van der Waals surface area contributed by atoms with Crippen molar-refractivity contribution in [3.05, 3.63) is 0 Å². The topological polar surface area (TPSA) is 38.8 Å². The van der Waals surface area contributed by atoms with Crippen molar-refractivity contribution in [3.63, 3.8) is 0 Å². The van der Waals surface area contributed by atoms with Crippen LogP contribution < -0.4 is 0 Å². The largest absolute Gasteiger partial charge is 0.466 e. The van der Waals surface area contributed by atoms with Crippen LogP contribution in [0.15, 0.2) is 0 Å². The molecule has 1 aliphatic heterocycles. The van der Waals surface area contributed by atoms with E-state index in [1.165, 1.54) is 6.42 Å². The van der Waals surface area contributed by atoms with Crippen LogP contribution in [0.1, 0.15) is 73.1 Å². The van der Waals surface area contributed by atoms with Gasteiger partial charge in [0.1, 0.15) is 0 Å². The van der Waals surface area contributed by atoms with Crippen LogP contribution in [0.3, 0.4) is 0 Å². The molecule has 1 aliphatic rings. The molecule has 1 heterocycles. The number of nitrogens with zero attached hydrogens (tertiary/aromatic N) is 1. The molecule has 0 saturated carbocycles. The lowest BCUT2D eigenvalue weighted by atomic mass is 9.82. The van der Waals surface area contributed by atoms with Gasteiger partial charge >= 0.3 is 5.97 Å². The molecule has 1 fully saturated rings. The summed E-state index contributed by atoms with van der Waals surface area (Å²) in [7, 11) is 0. The maximum absolute atomic E-state index is 11.6. The molecule has 0 N–H and O–H groups in total. The molecule has 0 radical (unpaired) electrons. The van der Waals surface area contributed by atoms with Crippen molar-refractivity contribution in [1.82, 2.24) is 5.06 Å². The Kier molecular flexibility index (Phi) is 6.46. The van der Waals surface area contributed by atoms with Crippen molar-refractivity contribution in [2.24, 2.45) is 0 Å². The molecule has 1 saturated heterocycles. The molecule has 0 aliphatic carbocycles. The average molecular weight is 285 g/mol. The highest BCUT2D eigenvalue weighted by molar-refractivity contribution is 5.69. The SMILES string of the molecule is CCCCOC(=O)CCON1C(C)(C)CCCC1(C)C. The minimum Gasteiger partial charge on any atom is -0.466 e. The van der Waals surface area contributed by atoms with Gasteiger partial charge in [0.2, 0.25) is 0 Å². The normalized spacial score (nSPS) is 21.6. The van der Waals surface area contributed by atoms with E-state index < -0.39 is 0 Å². The molecule has 20 heavy (non-hydrogen) atoms. The zero-order chi connectivity index (χ0) is 15.2. The number of carbonyl (C=O) groups is 1. The molecule has 118 valence electrons. The van der Waals surface area contributed by atoms with Crippen LogP contribution in [0.4, 0.5) is 0 Å². The Hall–Kier alpha value is -0.610. The van der Waals surface area contributed by atoms with E-state index in [2.05, 4.69) is 39.7 Å². The minimum atomic E-state index is -0.161. The van der Waals surface area contributed by atoms with Crippen LogP contribution in [0.5, 0.6) is 0 Å². The van der Waals surface area contributed by atoms with Gasteiger partial charge in [0, 0.05) is 11.1 Å². The van der Waals surface area contributed by atoms with Gasteiger partial charge in [0.25, 0.3) is 0 Å². The van der Waals surface area contributed by atoms with Crippen LogP contribution in [0, 0.1) is 0 Å². The van der Waals surface area contributed by atoms with Gasteiger partial charge < -0.3 is 4.74 Å². The summed E-state index contributed by atoms with van der Waals surface area (Å²) in [5.74, 6) is -0.161. The number of hydroxylamine groups is 2. The number of piperidine rings is 1. The van der Waals surface area contributed by atoms with Crippen molar-refractivity contribution < 1.29 is 14.4 Å². The van der Waals surface area contributed by atoms with E-state index >= 15 is 0 Å². The highest BCUT2D eigenvalue weighted by atomic mass is 16.7. The Balaban J connectivity index is 2.37. The average Bonchev–Trinajstić information content (AvgIpc) is 2.32. The summed E-state index contributed by atoms with van der Waals surface area (Å²) in [5.41, 5.74) is 0.0434. The van der Waals surface area contributed by atoms with Gasteiger partial charge in [-0.05, 0) is 53.4 Å². The Morgan fingerprint density at radius 1 is 1.10 bits per heavy atom. The molecule has 4 heteroatoms. The lowest BCUT2D eigenvalue weighted by molar-refractivity contribution is -0.280. The van der Waals surface area contributed by atoms with Crippen molar-refractivity contribution in [2.75, 3.05) is 13.2 Å². The minimum absolute atomic E-state index is 0.0217. The maximum Gasteiger partial charge on any atom is 0.308 e. The second kappa shape index (κ2) is 7.41. The van der Waals surface area contributed by atoms with Gasteiger partial charge in [-0.25, -0.2) is 0 Å². The standard InChI is InChI=1S/C16H31NO3/c1-6-7-12-19-14(18)9-13-20-17-15(2,3)10-8-11-16(17,4)5/h6-13H2,1-5H3. The van der Waals surface area contributed by atoms with Crippen LogP contribution in [0.25, 0.3) is 0 Å². The Morgan fingerprint density at radius 2 is 1.70 bits per heavy atom. The summed E-state index contributed by atoms with van der Waals surface area (Å²) in [6.07, 6.45) is 5.76. The number of ether oxygens (including phenoxy) is 1. The van der Waals surface area contributed by atoms with Crippen LogP contribution >= 0.6 is 0 Å². The van der Waals surface area contributed by atoms with E-state index in [9.17, 15) is 4.79 Å². The van der Waals surface area contributed by atoms with E-state index in [4.69, 9.17) is 9.57 Å². The molecule has 0 spiro atoms. The predicted octanol–water partition coefficient (Wildman–Crippen LogP) is 3.69. The van der Waals surface area contributed by atoms with Gasteiger partial charge in [-0.2, -0.15) is 5.06 Å². The van der Waals surface area contributed by atoms with Crippen LogP contribution in [0.2, 0.25) is 0 Å². The number of esters is 1. The van der Waals surface area contributed by atoms with Gasteiger partial charge in [-0.15, -0.1) is 0 Å². The maximum atomic E-state index is 11.6. The molecule has 0 unspecified atom stereocenters. The molecule has 0 aromatic rings.